The number of anilines is 1. The van der Waals surface area contributed by atoms with Gasteiger partial charge >= 0.3 is 5.97 Å². The number of benzene rings is 1. The van der Waals surface area contributed by atoms with Crippen molar-refractivity contribution < 1.29 is 14.3 Å². The molecule has 1 aromatic carbocycles. The normalized spacial score (nSPS) is 10.5. The number of nitrogens with zero attached hydrogens (tertiary/aromatic N) is 1. The van der Waals surface area contributed by atoms with Gasteiger partial charge in [0.25, 0.3) is 0 Å². The van der Waals surface area contributed by atoms with Crippen molar-refractivity contribution in [3.8, 4) is 0 Å². The third kappa shape index (κ3) is 3.20. The summed E-state index contributed by atoms with van der Waals surface area (Å²) in [7, 11) is 3.82. The molecule has 0 amide bonds. The third-order valence-electron chi connectivity index (χ3n) is 2.10. The molecule has 0 spiro atoms. The van der Waals surface area contributed by atoms with Gasteiger partial charge in [0.2, 0.25) is 0 Å². The fraction of sp³-hybridized carbons (Fsp3) is 0.364. The second-order valence-electron chi connectivity index (χ2n) is 3.70. The molecule has 5 heteroatoms. The molecule has 0 heterocycles. The van der Waals surface area contributed by atoms with Gasteiger partial charge in [0.05, 0.1) is 5.69 Å². The molecule has 0 unspecified atom stereocenters. The summed E-state index contributed by atoms with van der Waals surface area (Å²) < 4.78 is 13.3. The number of halogens is 1. The van der Waals surface area contributed by atoms with Crippen LogP contribution in [-0.2, 0) is 0 Å². The zero-order valence-corrected chi connectivity index (χ0v) is 9.33. The van der Waals surface area contributed by atoms with Crippen molar-refractivity contribution >= 4 is 11.7 Å². The van der Waals surface area contributed by atoms with Crippen LogP contribution in [0, 0.1) is 5.82 Å². The van der Waals surface area contributed by atoms with Crippen LogP contribution in [0.2, 0.25) is 0 Å². The largest absolute Gasteiger partial charge is 0.478 e. The number of aromatic carboxylic acids is 1. The van der Waals surface area contributed by atoms with Crippen LogP contribution in [0.1, 0.15) is 10.4 Å². The minimum Gasteiger partial charge on any atom is -0.478 e. The van der Waals surface area contributed by atoms with Crippen molar-refractivity contribution in [2.45, 2.75) is 0 Å². The van der Waals surface area contributed by atoms with E-state index < -0.39 is 11.8 Å². The van der Waals surface area contributed by atoms with Crippen molar-refractivity contribution in [3.63, 3.8) is 0 Å². The van der Waals surface area contributed by atoms with Crippen molar-refractivity contribution in [3.05, 3.63) is 29.6 Å². The highest BCUT2D eigenvalue weighted by Crippen LogP contribution is 2.18. The lowest BCUT2D eigenvalue weighted by Crippen LogP contribution is -2.21. The number of likely N-dealkylation sites (N-methyl/N-ethyl adjacent to an activating group) is 1. The highest BCUT2D eigenvalue weighted by molar-refractivity contribution is 5.94. The molecule has 0 fully saturated rings. The first-order chi connectivity index (χ1) is 7.52. The van der Waals surface area contributed by atoms with Crippen LogP contribution in [0.15, 0.2) is 18.2 Å². The molecule has 0 atom stereocenters. The van der Waals surface area contributed by atoms with Crippen LogP contribution >= 0.6 is 0 Å². The molecule has 4 nitrogen and oxygen atoms in total. The third-order valence-corrected chi connectivity index (χ3v) is 2.10. The molecule has 0 bridgehead atoms. The number of hydrogen-bond donors (Lipinski definition) is 2. The summed E-state index contributed by atoms with van der Waals surface area (Å²) >= 11 is 0. The Morgan fingerprint density at radius 1 is 1.50 bits per heavy atom. The van der Waals surface area contributed by atoms with Crippen LogP contribution in [0.25, 0.3) is 0 Å². The van der Waals surface area contributed by atoms with E-state index in [0.717, 1.165) is 12.6 Å². The Bertz CT molecular complexity index is 380. The summed E-state index contributed by atoms with van der Waals surface area (Å²) in [5.74, 6) is -1.98. The van der Waals surface area contributed by atoms with E-state index >= 15 is 0 Å². The maximum absolute atomic E-state index is 13.3. The summed E-state index contributed by atoms with van der Waals surface area (Å²) in [5, 5.41) is 11.8. The van der Waals surface area contributed by atoms with E-state index in [-0.39, 0.29) is 5.56 Å². The van der Waals surface area contributed by atoms with E-state index in [1.54, 1.807) is 6.07 Å². The zero-order chi connectivity index (χ0) is 12.1. The molecule has 0 aromatic heterocycles. The molecule has 0 aliphatic carbocycles. The molecule has 0 radical (unpaired) electrons. The van der Waals surface area contributed by atoms with Gasteiger partial charge in [-0.05, 0) is 26.2 Å². The Hall–Kier alpha value is -1.62. The summed E-state index contributed by atoms with van der Waals surface area (Å²) in [6, 6.07) is 4.18. The van der Waals surface area contributed by atoms with E-state index in [4.69, 9.17) is 5.11 Å². The first kappa shape index (κ1) is 12.4. The molecule has 1 aromatic rings. The van der Waals surface area contributed by atoms with E-state index in [1.807, 2.05) is 19.0 Å². The average Bonchev–Trinajstić information content (AvgIpc) is 2.16. The van der Waals surface area contributed by atoms with Crippen LogP contribution < -0.4 is 5.32 Å². The Balaban J connectivity index is 2.79. The number of hydrogen-bond acceptors (Lipinski definition) is 3. The van der Waals surface area contributed by atoms with Gasteiger partial charge in [-0.1, -0.05) is 6.07 Å². The monoisotopic (exact) mass is 226 g/mol. The van der Waals surface area contributed by atoms with Gasteiger partial charge in [0, 0.05) is 13.1 Å². The standard InChI is InChI=1S/C11H15FN2O2/c1-14(2)7-6-13-9-5-3-4-8(12)10(9)11(15)16/h3-5,13H,6-7H2,1-2H3,(H,15,16). The molecule has 16 heavy (non-hydrogen) atoms. The molecule has 2 N–H and O–H groups in total. The van der Waals surface area contributed by atoms with Crippen molar-refractivity contribution in [1.82, 2.24) is 4.90 Å². The summed E-state index contributed by atoms with van der Waals surface area (Å²) in [6.45, 7) is 1.31. The lowest BCUT2D eigenvalue weighted by Gasteiger charge is -2.13. The molecule has 0 saturated heterocycles. The van der Waals surface area contributed by atoms with Crippen molar-refractivity contribution in [2.75, 3.05) is 32.5 Å². The fourth-order valence-corrected chi connectivity index (χ4v) is 1.30. The van der Waals surface area contributed by atoms with E-state index in [9.17, 15) is 9.18 Å². The molecule has 1 rings (SSSR count). The zero-order valence-electron chi connectivity index (χ0n) is 9.33. The number of rotatable bonds is 5. The Morgan fingerprint density at radius 3 is 2.75 bits per heavy atom. The van der Waals surface area contributed by atoms with Crippen LogP contribution in [0.3, 0.4) is 0 Å². The minimum absolute atomic E-state index is 0.304. The predicted molar refractivity (Wildman–Crippen MR) is 60.4 cm³/mol. The predicted octanol–water partition coefficient (Wildman–Crippen LogP) is 1.50. The van der Waals surface area contributed by atoms with E-state index in [0.29, 0.717) is 12.2 Å². The summed E-state index contributed by atoms with van der Waals surface area (Å²) in [4.78, 5) is 12.8. The SMILES string of the molecule is CN(C)CCNc1cccc(F)c1C(=O)O. The highest BCUT2D eigenvalue weighted by Gasteiger charge is 2.14. The van der Waals surface area contributed by atoms with Crippen LogP contribution in [-0.4, -0.2) is 43.2 Å². The van der Waals surface area contributed by atoms with Gasteiger partial charge in [-0.25, -0.2) is 9.18 Å². The summed E-state index contributed by atoms with van der Waals surface area (Å²) in [5.41, 5.74) is 0.00982. The molecule has 88 valence electrons. The van der Waals surface area contributed by atoms with Crippen molar-refractivity contribution in [1.29, 1.82) is 0 Å². The van der Waals surface area contributed by atoms with E-state index in [2.05, 4.69) is 5.32 Å². The Morgan fingerprint density at radius 2 is 2.19 bits per heavy atom. The first-order valence-corrected chi connectivity index (χ1v) is 4.92. The van der Waals surface area contributed by atoms with Gasteiger partial charge in [-0.3, -0.25) is 0 Å². The number of carbonyl (C=O) groups is 1. The van der Waals surface area contributed by atoms with Gasteiger partial charge in [0.15, 0.2) is 0 Å². The van der Waals surface area contributed by atoms with Gasteiger partial charge in [0.1, 0.15) is 11.4 Å². The molecular formula is C11H15FN2O2. The molecule has 0 aliphatic rings. The van der Waals surface area contributed by atoms with Gasteiger partial charge < -0.3 is 15.3 Å². The highest BCUT2D eigenvalue weighted by atomic mass is 19.1. The lowest BCUT2D eigenvalue weighted by atomic mass is 10.1. The van der Waals surface area contributed by atoms with Gasteiger partial charge in [-0.2, -0.15) is 0 Å². The topological polar surface area (TPSA) is 52.6 Å². The quantitative estimate of drug-likeness (QED) is 0.798. The fourth-order valence-electron chi connectivity index (χ4n) is 1.30. The second-order valence-corrected chi connectivity index (χ2v) is 3.70. The summed E-state index contributed by atoms with van der Waals surface area (Å²) in [6.07, 6.45) is 0. The van der Waals surface area contributed by atoms with Crippen LogP contribution in [0.5, 0.6) is 0 Å². The average molecular weight is 226 g/mol. The minimum atomic E-state index is -1.26. The second kappa shape index (κ2) is 5.46. The maximum atomic E-state index is 13.3. The van der Waals surface area contributed by atoms with Crippen molar-refractivity contribution in [2.24, 2.45) is 0 Å². The number of carboxylic acid groups (broad SMARTS) is 1. The number of carboxylic acids is 1. The lowest BCUT2D eigenvalue weighted by molar-refractivity contribution is 0.0693. The van der Waals surface area contributed by atoms with Gasteiger partial charge in [-0.15, -0.1) is 0 Å². The Kier molecular flexibility index (Phi) is 4.25. The molecular weight excluding hydrogens is 211 g/mol. The first-order valence-electron chi connectivity index (χ1n) is 4.92. The number of nitrogens with one attached hydrogen (secondary N) is 1. The maximum Gasteiger partial charge on any atom is 0.340 e. The Labute approximate surface area is 93.7 Å². The molecule has 0 saturated carbocycles. The smallest absolute Gasteiger partial charge is 0.340 e. The molecule has 0 aliphatic heterocycles. The van der Waals surface area contributed by atoms with Crippen LogP contribution in [0.4, 0.5) is 10.1 Å². The van der Waals surface area contributed by atoms with E-state index in [1.165, 1.54) is 6.07 Å².